The molecule has 7 nitrogen and oxygen atoms in total. The lowest BCUT2D eigenvalue weighted by molar-refractivity contribution is -0.128. The summed E-state index contributed by atoms with van der Waals surface area (Å²) in [7, 11) is -3.62. The minimum Gasteiger partial charge on any atom is -0.329 e. The summed E-state index contributed by atoms with van der Waals surface area (Å²) in [6.45, 7) is 1.98. The molecular weight excluding hydrogens is 340 g/mol. The molecule has 8 heteroatoms. The number of sulfonamides is 1. The highest BCUT2D eigenvalue weighted by molar-refractivity contribution is 7.89. The number of benzene rings is 1. The summed E-state index contributed by atoms with van der Waals surface area (Å²) >= 11 is 0. The lowest BCUT2D eigenvalue weighted by atomic mass is 9.67. The zero-order valence-corrected chi connectivity index (χ0v) is 15.1. The van der Waals surface area contributed by atoms with Gasteiger partial charge in [-0.1, -0.05) is 18.9 Å². The molecule has 5 N–H and O–H groups in total. The van der Waals surface area contributed by atoms with Crippen molar-refractivity contribution >= 4 is 21.6 Å². The van der Waals surface area contributed by atoms with Crippen LogP contribution in [0.2, 0.25) is 0 Å². The average molecular weight is 366 g/mol. The molecule has 25 heavy (non-hydrogen) atoms. The van der Waals surface area contributed by atoms with Crippen LogP contribution in [0.3, 0.4) is 0 Å². The molecule has 0 radical (unpaired) electrons. The van der Waals surface area contributed by atoms with Gasteiger partial charge in [0.15, 0.2) is 0 Å². The third-order valence-corrected chi connectivity index (χ3v) is 6.79. The van der Waals surface area contributed by atoms with Crippen molar-refractivity contribution in [3.05, 3.63) is 24.3 Å². The molecule has 1 aromatic carbocycles. The molecule has 1 aliphatic heterocycles. The summed E-state index contributed by atoms with van der Waals surface area (Å²) in [5.41, 5.74) is 5.49. The Morgan fingerprint density at radius 2 is 2.20 bits per heavy atom. The molecule has 2 aliphatic rings. The molecule has 138 valence electrons. The van der Waals surface area contributed by atoms with Gasteiger partial charge >= 0.3 is 0 Å². The number of anilines is 1. The van der Waals surface area contributed by atoms with Crippen LogP contribution in [0.1, 0.15) is 25.7 Å². The van der Waals surface area contributed by atoms with E-state index in [4.69, 9.17) is 5.73 Å². The first-order chi connectivity index (χ1) is 12.0. The van der Waals surface area contributed by atoms with Crippen LogP contribution in [-0.4, -0.2) is 40.5 Å². The summed E-state index contributed by atoms with van der Waals surface area (Å²) in [5.74, 6) is 0.353. The first-order valence-electron chi connectivity index (χ1n) is 8.80. The molecule has 1 aromatic rings. The van der Waals surface area contributed by atoms with Crippen LogP contribution >= 0.6 is 0 Å². The fraction of sp³-hybridized carbons (Fsp3) is 0.588. The Morgan fingerprint density at radius 1 is 1.36 bits per heavy atom. The molecule has 1 aliphatic carbocycles. The molecule has 3 rings (SSSR count). The van der Waals surface area contributed by atoms with E-state index < -0.39 is 10.0 Å². The number of hydrogen-bond donors (Lipinski definition) is 4. The van der Waals surface area contributed by atoms with E-state index in [-0.39, 0.29) is 29.3 Å². The molecule has 0 spiro atoms. The Labute approximate surface area is 148 Å². The Kier molecular flexibility index (Phi) is 5.43. The van der Waals surface area contributed by atoms with Gasteiger partial charge in [-0.15, -0.1) is 0 Å². The standard InChI is InChI=1S/C17H26N4O3S/c18-8-9-20-25(23,24)15-6-3-5-14(10-15)21-16(22)17-7-2-1-4-13(17)11-19-12-17/h3,5-6,10,13,19-20H,1-2,4,7-9,11-12,18H2,(H,21,22)/t13-,17+/m0/s1. The van der Waals surface area contributed by atoms with Crippen molar-refractivity contribution in [3.63, 3.8) is 0 Å². The van der Waals surface area contributed by atoms with E-state index >= 15 is 0 Å². The predicted octanol–water partition coefficient (Wildman–Crippen LogP) is 0.642. The van der Waals surface area contributed by atoms with Crippen LogP contribution in [0.15, 0.2) is 29.2 Å². The van der Waals surface area contributed by atoms with Crippen molar-refractivity contribution in [1.82, 2.24) is 10.0 Å². The lowest BCUT2D eigenvalue weighted by Gasteiger charge is -2.37. The second-order valence-electron chi connectivity index (χ2n) is 6.90. The van der Waals surface area contributed by atoms with Gasteiger partial charge in [-0.3, -0.25) is 4.79 Å². The third-order valence-electron chi connectivity index (χ3n) is 5.33. The second kappa shape index (κ2) is 7.41. The zero-order chi connectivity index (χ0) is 17.9. The average Bonchev–Trinajstić information content (AvgIpc) is 3.05. The number of fused-ring (bicyclic) bond motifs is 1. The van der Waals surface area contributed by atoms with Gasteiger partial charge in [0.05, 0.1) is 10.3 Å². The number of amides is 1. The Morgan fingerprint density at radius 3 is 3.00 bits per heavy atom. The van der Waals surface area contributed by atoms with Gasteiger partial charge in [-0.25, -0.2) is 13.1 Å². The molecule has 1 amide bonds. The first kappa shape index (κ1) is 18.3. The Hall–Kier alpha value is -1.48. The number of nitrogens with one attached hydrogen (secondary N) is 3. The van der Waals surface area contributed by atoms with Crippen molar-refractivity contribution < 1.29 is 13.2 Å². The van der Waals surface area contributed by atoms with Gasteiger partial charge in [0, 0.05) is 25.3 Å². The smallest absolute Gasteiger partial charge is 0.240 e. The summed E-state index contributed by atoms with van der Waals surface area (Å²) < 4.78 is 26.9. The van der Waals surface area contributed by atoms with E-state index in [1.54, 1.807) is 12.1 Å². The fourth-order valence-electron chi connectivity index (χ4n) is 3.96. The normalized spacial score (nSPS) is 26.2. The number of nitrogens with two attached hydrogens (primary N) is 1. The van der Waals surface area contributed by atoms with Crippen molar-refractivity contribution in [1.29, 1.82) is 0 Å². The maximum atomic E-state index is 13.0. The van der Waals surface area contributed by atoms with Gasteiger partial charge in [0.2, 0.25) is 15.9 Å². The second-order valence-corrected chi connectivity index (χ2v) is 8.67. The molecule has 1 saturated heterocycles. The molecule has 0 aromatic heterocycles. The third kappa shape index (κ3) is 3.72. The first-order valence-corrected chi connectivity index (χ1v) is 10.3. The molecule has 0 bridgehead atoms. The van der Waals surface area contributed by atoms with E-state index in [9.17, 15) is 13.2 Å². The van der Waals surface area contributed by atoms with Gasteiger partial charge in [-0.05, 0) is 43.5 Å². The van der Waals surface area contributed by atoms with Crippen molar-refractivity contribution in [2.75, 3.05) is 31.5 Å². The van der Waals surface area contributed by atoms with Gasteiger partial charge in [0.1, 0.15) is 0 Å². The van der Waals surface area contributed by atoms with Gasteiger partial charge in [-0.2, -0.15) is 0 Å². The topological polar surface area (TPSA) is 113 Å². The highest BCUT2D eigenvalue weighted by Crippen LogP contribution is 2.44. The van der Waals surface area contributed by atoms with E-state index in [2.05, 4.69) is 15.4 Å². The number of hydrogen-bond acceptors (Lipinski definition) is 5. The summed E-state index contributed by atoms with van der Waals surface area (Å²) in [6, 6.07) is 6.35. The minimum atomic E-state index is -3.62. The zero-order valence-electron chi connectivity index (χ0n) is 14.3. The van der Waals surface area contributed by atoms with Crippen LogP contribution in [0.5, 0.6) is 0 Å². The fourth-order valence-corrected chi connectivity index (χ4v) is 5.06. The minimum absolute atomic E-state index is 0.00772. The Bertz CT molecular complexity index is 737. The van der Waals surface area contributed by atoms with Gasteiger partial charge < -0.3 is 16.4 Å². The van der Waals surface area contributed by atoms with Crippen LogP contribution in [0.25, 0.3) is 0 Å². The van der Waals surface area contributed by atoms with Crippen LogP contribution in [0, 0.1) is 11.3 Å². The predicted molar refractivity (Wildman–Crippen MR) is 96.6 cm³/mol. The van der Waals surface area contributed by atoms with E-state index in [1.165, 1.54) is 18.6 Å². The van der Waals surface area contributed by atoms with Crippen molar-refractivity contribution in [2.24, 2.45) is 17.1 Å². The largest absolute Gasteiger partial charge is 0.329 e. The Balaban J connectivity index is 1.77. The van der Waals surface area contributed by atoms with Crippen molar-refractivity contribution in [2.45, 2.75) is 30.6 Å². The van der Waals surface area contributed by atoms with Gasteiger partial charge in [0.25, 0.3) is 0 Å². The van der Waals surface area contributed by atoms with E-state index in [0.29, 0.717) is 18.2 Å². The molecule has 1 saturated carbocycles. The number of carbonyl (C=O) groups is 1. The van der Waals surface area contributed by atoms with Crippen LogP contribution in [0.4, 0.5) is 5.69 Å². The summed E-state index contributed by atoms with van der Waals surface area (Å²) in [6.07, 6.45) is 4.18. The molecular formula is C17H26N4O3S. The SMILES string of the molecule is NCCNS(=O)(=O)c1cccc(NC(=O)[C@@]23CCCC[C@H]2CNC3)c1. The van der Waals surface area contributed by atoms with Crippen LogP contribution in [-0.2, 0) is 14.8 Å². The summed E-state index contributed by atoms with van der Waals surface area (Å²) in [5, 5.41) is 6.30. The molecule has 2 fully saturated rings. The maximum Gasteiger partial charge on any atom is 0.240 e. The maximum absolute atomic E-state index is 13.0. The highest BCUT2D eigenvalue weighted by atomic mass is 32.2. The molecule has 0 unspecified atom stereocenters. The quantitative estimate of drug-likeness (QED) is 0.590. The number of carbonyl (C=O) groups excluding carboxylic acids is 1. The highest BCUT2D eigenvalue weighted by Gasteiger charge is 2.49. The molecule has 2 atom stereocenters. The lowest BCUT2D eigenvalue weighted by Crippen LogP contribution is -2.44. The van der Waals surface area contributed by atoms with E-state index in [1.807, 2.05) is 0 Å². The van der Waals surface area contributed by atoms with E-state index in [0.717, 1.165) is 25.8 Å². The number of rotatable bonds is 6. The monoisotopic (exact) mass is 366 g/mol. The van der Waals surface area contributed by atoms with Crippen LogP contribution < -0.4 is 21.1 Å². The molecule has 1 heterocycles. The summed E-state index contributed by atoms with van der Waals surface area (Å²) in [4.78, 5) is 13.1. The van der Waals surface area contributed by atoms with Crippen molar-refractivity contribution in [3.8, 4) is 0 Å².